The predicted molar refractivity (Wildman–Crippen MR) is 71.5 cm³/mol. The van der Waals surface area contributed by atoms with Crippen molar-refractivity contribution in [2.75, 3.05) is 6.54 Å². The largest absolute Gasteiger partial charge is 0.481 e. The maximum atomic E-state index is 11.9. The Kier molecular flexibility index (Phi) is 4.79. The van der Waals surface area contributed by atoms with Crippen LogP contribution in [0.5, 0.6) is 0 Å². The average Bonchev–Trinajstić information content (AvgIpc) is 2.38. The fourth-order valence-corrected chi connectivity index (χ4v) is 1.52. The topological polar surface area (TPSA) is 110 Å². The van der Waals surface area contributed by atoms with Gasteiger partial charge in [0.25, 0.3) is 11.6 Å². The monoisotopic (exact) mass is 280 g/mol. The Morgan fingerprint density at radius 3 is 2.50 bits per heavy atom. The Labute approximate surface area is 115 Å². The maximum absolute atomic E-state index is 11.9. The van der Waals surface area contributed by atoms with Crippen LogP contribution < -0.4 is 5.32 Å². The van der Waals surface area contributed by atoms with Crippen molar-refractivity contribution in [2.45, 2.75) is 20.3 Å². The second-order valence-electron chi connectivity index (χ2n) is 4.97. The molecule has 0 aliphatic rings. The summed E-state index contributed by atoms with van der Waals surface area (Å²) in [5, 5.41) is 22.2. The van der Waals surface area contributed by atoms with E-state index < -0.39 is 22.2 Å². The van der Waals surface area contributed by atoms with Crippen LogP contribution in [-0.4, -0.2) is 28.5 Å². The lowest BCUT2D eigenvalue weighted by molar-refractivity contribution is -0.385. The molecule has 7 nitrogen and oxygen atoms in total. The van der Waals surface area contributed by atoms with Crippen LogP contribution in [0.25, 0.3) is 0 Å². The molecule has 108 valence electrons. The van der Waals surface area contributed by atoms with E-state index in [1.807, 2.05) is 0 Å². The Morgan fingerprint density at radius 1 is 1.35 bits per heavy atom. The zero-order valence-electron chi connectivity index (χ0n) is 11.3. The number of carboxylic acid groups (broad SMARTS) is 1. The van der Waals surface area contributed by atoms with E-state index in [2.05, 4.69) is 5.32 Å². The number of carboxylic acids is 1. The van der Waals surface area contributed by atoms with Crippen LogP contribution in [0, 0.1) is 15.5 Å². The van der Waals surface area contributed by atoms with Crippen LogP contribution in [0.4, 0.5) is 5.69 Å². The number of nitro groups is 1. The summed E-state index contributed by atoms with van der Waals surface area (Å²) >= 11 is 0. The van der Waals surface area contributed by atoms with E-state index in [0.717, 1.165) is 0 Å². The number of nitrogens with one attached hydrogen (secondary N) is 1. The summed E-state index contributed by atoms with van der Waals surface area (Å²) in [5.41, 5.74) is -1.27. The van der Waals surface area contributed by atoms with E-state index in [9.17, 15) is 19.7 Å². The second kappa shape index (κ2) is 6.14. The number of amides is 1. The average molecular weight is 280 g/mol. The third-order valence-electron chi connectivity index (χ3n) is 2.96. The van der Waals surface area contributed by atoms with Crippen LogP contribution in [0.1, 0.15) is 30.6 Å². The van der Waals surface area contributed by atoms with Crippen LogP contribution in [0.15, 0.2) is 24.3 Å². The molecule has 20 heavy (non-hydrogen) atoms. The van der Waals surface area contributed by atoms with Crippen LogP contribution in [-0.2, 0) is 4.79 Å². The molecular weight excluding hydrogens is 264 g/mol. The molecular formula is C13H16N2O5. The van der Waals surface area contributed by atoms with Crippen molar-refractivity contribution in [1.82, 2.24) is 5.32 Å². The first-order chi connectivity index (χ1) is 9.25. The van der Waals surface area contributed by atoms with Crippen molar-refractivity contribution >= 4 is 17.6 Å². The molecule has 1 aromatic rings. The van der Waals surface area contributed by atoms with E-state index in [0.29, 0.717) is 0 Å². The van der Waals surface area contributed by atoms with E-state index in [1.165, 1.54) is 24.3 Å². The molecule has 1 aromatic carbocycles. The number of aliphatic carboxylic acids is 1. The van der Waals surface area contributed by atoms with Gasteiger partial charge in [-0.05, 0) is 26.3 Å². The Bertz CT molecular complexity index is 539. The quantitative estimate of drug-likeness (QED) is 0.610. The van der Waals surface area contributed by atoms with Crippen LogP contribution >= 0.6 is 0 Å². The lowest BCUT2D eigenvalue weighted by Crippen LogP contribution is -2.32. The summed E-state index contributed by atoms with van der Waals surface area (Å²) in [6.45, 7) is 3.23. The summed E-state index contributed by atoms with van der Waals surface area (Å²) in [7, 11) is 0. The lowest BCUT2D eigenvalue weighted by atomic mass is 9.90. The molecule has 0 spiro atoms. The van der Waals surface area contributed by atoms with Gasteiger partial charge in [0.15, 0.2) is 0 Å². The molecule has 0 atom stereocenters. The zero-order chi connectivity index (χ0) is 15.3. The smallest absolute Gasteiger partial charge is 0.309 e. The third kappa shape index (κ3) is 3.78. The SMILES string of the molecule is CC(C)(CCNC(=O)c1ccccc1[N+](=O)[O-])C(=O)O. The third-order valence-corrected chi connectivity index (χ3v) is 2.96. The number of rotatable bonds is 6. The molecule has 0 saturated carbocycles. The van der Waals surface area contributed by atoms with Crippen molar-refractivity contribution in [3.63, 3.8) is 0 Å². The molecule has 0 unspecified atom stereocenters. The Morgan fingerprint density at radius 2 is 1.95 bits per heavy atom. The normalized spacial score (nSPS) is 10.9. The number of carbonyl (C=O) groups excluding carboxylic acids is 1. The Hall–Kier alpha value is -2.44. The van der Waals surface area contributed by atoms with Gasteiger partial charge in [-0.25, -0.2) is 0 Å². The fourth-order valence-electron chi connectivity index (χ4n) is 1.52. The molecule has 0 aliphatic carbocycles. The molecule has 2 N–H and O–H groups in total. The van der Waals surface area contributed by atoms with Crippen LogP contribution in [0.3, 0.4) is 0 Å². The van der Waals surface area contributed by atoms with Gasteiger partial charge in [-0.15, -0.1) is 0 Å². The molecule has 0 radical (unpaired) electrons. The van der Waals surface area contributed by atoms with E-state index in [-0.39, 0.29) is 24.2 Å². The van der Waals surface area contributed by atoms with Gasteiger partial charge in [0, 0.05) is 12.6 Å². The van der Waals surface area contributed by atoms with Gasteiger partial charge < -0.3 is 10.4 Å². The first-order valence-corrected chi connectivity index (χ1v) is 6.01. The molecule has 0 heterocycles. The highest BCUT2D eigenvalue weighted by atomic mass is 16.6. The number of nitro benzene ring substituents is 1. The number of para-hydroxylation sites is 1. The van der Waals surface area contributed by atoms with Crippen molar-refractivity contribution in [3.05, 3.63) is 39.9 Å². The van der Waals surface area contributed by atoms with E-state index >= 15 is 0 Å². The molecule has 0 fully saturated rings. The van der Waals surface area contributed by atoms with E-state index in [1.54, 1.807) is 13.8 Å². The Balaban J connectivity index is 2.69. The molecule has 1 rings (SSSR count). The van der Waals surface area contributed by atoms with Gasteiger partial charge in [0.05, 0.1) is 10.3 Å². The highest BCUT2D eigenvalue weighted by Crippen LogP contribution is 2.20. The van der Waals surface area contributed by atoms with Crippen molar-refractivity contribution in [1.29, 1.82) is 0 Å². The summed E-state index contributed by atoms with van der Waals surface area (Å²) in [5.74, 6) is -1.55. The minimum Gasteiger partial charge on any atom is -0.481 e. The lowest BCUT2D eigenvalue weighted by Gasteiger charge is -2.18. The van der Waals surface area contributed by atoms with Gasteiger partial charge in [-0.3, -0.25) is 19.7 Å². The number of nitrogens with zero attached hydrogens (tertiary/aromatic N) is 1. The molecule has 0 bridgehead atoms. The first-order valence-electron chi connectivity index (χ1n) is 6.01. The summed E-state index contributed by atoms with van der Waals surface area (Å²) in [4.78, 5) is 32.9. The van der Waals surface area contributed by atoms with Gasteiger partial charge in [-0.2, -0.15) is 0 Å². The highest BCUT2D eigenvalue weighted by molar-refractivity contribution is 5.98. The summed E-state index contributed by atoms with van der Waals surface area (Å²) in [6, 6.07) is 5.61. The van der Waals surface area contributed by atoms with E-state index in [4.69, 9.17) is 5.11 Å². The summed E-state index contributed by atoms with van der Waals surface area (Å²) in [6.07, 6.45) is 0.231. The minimum atomic E-state index is -0.962. The van der Waals surface area contributed by atoms with Crippen molar-refractivity contribution in [3.8, 4) is 0 Å². The molecule has 7 heteroatoms. The maximum Gasteiger partial charge on any atom is 0.309 e. The first kappa shape index (κ1) is 15.6. The summed E-state index contributed by atoms with van der Waals surface area (Å²) < 4.78 is 0. The van der Waals surface area contributed by atoms with Crippen LogP contribution in [0.2, 0.25) is 0 Å². The second-order valence-corrected chi connectivity index (χ2v) is 4.97. The van der Waals surface area contributed by atoms with Crippen molar-refractivity contribution < 1.29 is 19.6 Å². The number of hydrogen-bond donors (Lipinski definition) is 2. The number of hydrogen-bond acceptors (Lipinski definition) is 4. The van der Waals surface area contributed by atoms with Gasteiger partial charge in [0.2, 0.25) is 0 Å². The number of benzene rings is 1. The number of carbonyl (C=O) groups is 2. The van der Waals surface area contributed by atoms with Gasteiger partial charge in [-0.1, -0.05) is 12.1 Å². The standard InChI is InChI=1S/C13H16N2O5/c1-13(2,12(17)18)7-8-14-11(16)9-5-3-4-6-10(9)15(19)20/h3-6H,7-8H2,1-2H3,(H,14,16)(H,17,18). The predicted octanol–water partition coefficient (Wildman–Crippen LogP) is 1.83. The zero-order valence-corrected chi connectivity index (χ0v) is 11.3. The highest BCUT2D eigenvalue weighted by Gasteiger charge is 2.27. The molecule has 0 saturated heterocycles. The van der Waals surface area contributed by atoms with Gasteiger partial charge >= 0.3 is 5.97 Å². The minimum absolute atomic E-state index is 0.0365. The molecule has 1 amide bonds. The van der Waals surface area contributed by atoms with Crippen molar-refractivity contribution in [2.24, 2.45) is 5.41 Å². The molecule has 0 aliphatic heterocycles. The molecule has 0 aromatic heterocycles. The fraction of sp³-hybridized carbons (Fsp3) is 0.385. The van der Waals surface area contributed by atoms with Gasteiger partial charge in [0.1, 0.15) is 5.56 Å².